The quantitative estimate of drug-likeness (QED) is 0.376. The predicted molar refractivity (Wildman–Crippen MR) is 144 cm³/mol. The van der Waals surface area contributed by atoms with Gasteiger partial charge in [0.25, 0.3) is 0 Å². The molecule has 2 aliphatic rings. The third-order valence-corrected chi connectivity index (χ3v) is 8.86. The van der Waals surface area contributed by atoms with E-state index in [1.165, 1.54) is 11.8 Å². The zero-order valence-corrected chi connectivity index (χ0v) is 22.1. The highest BCUT2D eigenvalue weighted by Gasteiger charge is 2.69. The molecule has 1 aromatic heterocycles. The van der Waals surface area contributed by atoms with Gasteiger partial charge in [-0.25, -0.2) is 13.4 Å². The van der Waals surface area contributed by atoms with Crippen LogP contribution in [-0.2, 0) is 33.1 Å². The number of pyridine rings is 1. The largest absolute Gasteiger partial charge is 0.489 e. The maximum absolute atomic E-state index is 11.5. The molecule has 1 saturated carbocycles. The van der Waals surface area contributed by atoms with Gasteiger partial charge in [-0.05, 0) is 77.8 Å². The number of benzene rings is 2. The van der Waals surface area contributed by atoms with E-state index in [-0.39, 0.29) is 23.0 Å². The Hall–Kier alpha value is -3.39. The molecule has 7 nitrogen and oxygen atoms in total. The summed E-state index contributed by atoms with van der Waals surface area (Å²) in [6.45, 7) is 5.07. The first-order valence-electron chi connectivity index (χ1n) is 12.5. The third-order valence-electron chi connectivity index (χ3n) is 7.82. The average Bonchev–Trinajstić information content (AvgIpc) is 3.33. The molecule has 0 aliphatic heterocycles. The number of aryl methyl sites for hydroxylation is 1. The molecule has 1 fully saturated rings. The number of carboxylic acid groups (broad SMARTS) is 1. The second-order valence-electron chi connectivity index (χ2n) is 10.5. The number of aromatic nitrogens is 1. The number of fused-ring (bicyclic) bond motifs is 3. The van der Waals surface area contributed by atoms with Crippen molar-refractivity contribution >= 4 is 21.6 Å². The van der Waals surface area contributed by atoms with Crippen molar-refractivity contribution in [1.29, 1.82) is 0 Å². The minimum Gasteiger partial charge on any atom is -0.489 e. The van der Waals surface area contributed by atoms with Gasteiger partial charge >= 0.3 is 5.97 Å². The molecule has 0 amide bonds. The summed E-state index contributed by atoms with van der Waals surface area (Å²) in [6.07, 6.45) is 4.42. The summed E-state index contributed by atoms with van der Waals surface area (Å²) >= 11 is 0. The lowest BCUT2D eigenvalue weighted by Gasteiger charge is -2.14. The van der Waals surface area contributed by atoms with Gasteiger partial charge in [-0.3, -0.25) is 4.79 Å². The van der Waals surface area contributed by atoms with E-state index in [9.17, 15) is 18.3 Å². The zero-order chi connectivity index (χ0) is 26.4. The molecule has 194 valence electrons. The lowest BCUT2D eigenvalue weighted by atomic mass is 9.93. The van der Waals surface area contributed by atoms with Gasteiger partial charge < -0.3 is 15.2 Å². The minimum atomic E-state index is -2.96. The van der Waals surface area contributed by atoms with Crippen LogP contribution in [0.3, 0.4) is 0 Å². The summed E-state index contributed by atoms with van der Waals surface area (Å²) in [4.78, 5) is 16.0. The second kappa shape index (κ2) is 9.49. The number of hydrogen-bond acceptors (Lipinski definition) is 6. The van der Waals surface area contributed by atoms with E-state index in [1.807, 2.05) is 49.5 Å². The van der Waals surface area contributed by atoms with Gasteiger partial charge in [0.05, 0.1) is 11.7 Å². The van der Waals surface area contributed by atoms with E-state index in [0.717, 1.165) is 45.8 Å². The van der Waals surface area contributed by atoms with Crippen molar-refractivity contribution in [3.8, 4) is 16.9 Å². The number of nitrogens with zero attached hydrogens (tertiary/aromatic N) is 1. The number of sulfone groups is 1. The van der Waals surface area contributed by atoms with Gasteiger partial charge in [0.15, 0.2) is 0 Å². The molecule has 0 bridgehead atoms. The Morgan fingerprint density at radius 3 is 2.76 bits per heavy atom. The first kappa shape index (κ1) is 25.3. The Morgan fingerprint density at radius 2 is 2.03 bits per heavy atom. The van der Waals surface area contributed by atoms with E-state index in [1.54, 1.807) is 0 Å². The molecule has 2 N–H and O–H groups in total. The highest BCUT2D eigenvalue weighted by Crippen LogP contribution is 2.66. The van der Waals surface area contributed by atoms with E-state index >= 15 is 0 Å². The molecular formula is C29H32N2O5S. The number of carbonyl (C=O) groups is 1. The smallest absolute Gasteiger partial charge is 0.307 e. The van der Waals surface area contributed by atoms with Crippen LogP contribution in [-0.4, -0.2) is 43.0 Å². The highest BCUT2D eigenvalue weighted by atomic mass is 32.2. The number of anilines is 1. The second-order valence-corrected chi connectivity index (χ2v) is 12.8. The van der Waals surface area contributed by atoms with Crippen LogP contribution in [0.25, 0.3) is 11.1 Å². The molecule has 5 rings (SSSR count). The van der Waals surface area contributed by atoms with Crippen LogP contribution in [0.1, 0.15) is 35.6 Å². The number of nitrogens with one attached hydrogen (secondary N) is 1. The number of ether oxygens (including phenoxy) is 1. The van der Waals surface area contributed by atoms with Crippen molar-refractivity contribution in [2.24, 2.45) is 11.8 Å². The molecule has 3 aromatic rings. The number of carboxylic acids is 1. The molecule has 1 heterocycles. The number of rotatable bonds is 10. The van der Waals surface area contributed by atoms with Gasteiger partial charge in [0.2, 0.25) is 0 Å². The maximum atomic E-state index is 11.5. The molecule has 8 heteroatoms. The van der Waals surface area contributed by atoms with Crippen molar-refractivity contribution in [3.05, 3.63) is 77.0 Å². The lowest BCUT2D eigenvalue weighted by molar-refractivity contribution is -0.139. The predicted octanol–water partition coefficient (Wildman–Crippen LogP) is 4.63. The van der Waals surface area contributed by atoms with Gasteiger partial charge in [0.1, 0.15) is 28.0 Å². The normalized spacial score (nSPS) is 21.7. The van der Waals surface area contributed by atoms with Crippen LogP contribution in [0.4, 0.5) is 5.82 Å². The third kappa shape index (κ3) is 5.07. The summed E-state index contributed by atoms with van der Waals surface area (Å²) in [7, 11) is -2.96. The topological polar surface area (TPSA) is 106 Å². The fourth-order valence-corrected chi connectivity index (χ4v) is 6.49. The summed E-state index contributed by atoms with van der Waals surface area (Å²) in [6, 6.07) is 16.2. The Balaban J connectivity index is 1.21. The van der Waals surface area contributed by atoms with Crippen LogP contribution in [0.5, 0.6) is 5.75 Å². The van der Waals surface area contributed by atoms with E-state index < -0.39 is 15.8 Å². The standard InChI is InChI=1S/C29H32N2O5S/c1-18-12-26(30-10-5-11-37(3,34)35)31-16-23(18)20-7-4-6-19(13-20)17-36-22-8-9-24-21(14-22)15-25-27(28(32)33)29(24,25)2/h4,6-9,12-14,16,25,27H,5,10-11,15,17H2,1-3H3,(H,30,31)(H,32,33)/t25-,27+,29?/m0/s1. The molecule has 37 heavy (non-hydrogen) atoms. The van der Waals surface area contributed by atoms with Crippen molar-refractivity contribution < 1.29 is 23.1 Å². The van der Waals surface area contributed by atoms with Gasteiger partial charge in [-0.1, -0.05) is 31.2 Å². The molecule has 2 aliphatic carbocycles. The first-order chi connectivity index (χ1) is 17.6. The van der Waals surface area contributed by atoms with Crippen LogP contribution in [0, 0.1) is 18.8 Å². The molecule has 0 spiro atoms. The fourth-order valence-electron chi connectivity index (χ4n) is 5.82. The summed E-state index contributed by atoms with van der Waals surface area (Å²) < 4.78 is 28.7. The lowest BCUT2D eigenvalue weighted by Crippen LogP contribution is -2.12. The van der Waals surface area contributed by atoms with Gasteiger partial charge in [-0.2, -0.15) is 0 Å². The van der Waals surface area contributed by atoms with Gasteiger partial charge in [-0.15, -0.1) is 0 Å². The molecule has 1 unspecified atom stereocenters. The summed E-state index contributed by atoms with van der Waals surface area (Å²) in [5.74, 6) is 0.911. The highest BCUT2D eigenvalue weighted by molar-refractivity contribution is 7.90. The Bertz CT molecular complexity index is 1470. The SMILES string of the molecule is Cc1cc(NCCCS(C)(=O)=O)ncc1-c1cccc(COc2ccc3c(c2)C[C@H]2[C@H](C(=O)O)C32C)c1. The van der Waals surface area contributed by atoms with E-state index in [0.29, 0.717) is 19.6 Å². The average molecular weight is 521 g/mol. The van der Waals surface area contributed by atoms with Crippen LogP contribution in [0.2, 0.25) is 0 Å². The molecular weight excluding hydrogens is 488 g/mol. The van der Waals surface area contributed by atoms with Crippen molar-refractivity contribution in [2.45, 2.75) is 38.7 Å². The Labute approximate surface area is 217 Å². The molecule has 0 radical (unpaired) electrons. The van der Waals surface area contributed by atoms with Crippen LogP contribution in [0.15, 0.2) is 54.7 Å². The van der Waals surface area contributed by atoms with Crippen molar-refractivity contribution in [3.63, 3.8) is 0 Å². The van der Waals surface area contributed by atoms with Crippen molar-refractivity contribution in [1.82, 2.24) is 4.98 Å². The first-order valence-corrected chi connectivity index (χ1v) is 14.6. The van der Waals surface area contributed by atoms with Gasteiger partial charge in [0, 0.05) is 30.0 Å². The Kier molecular flexibility index (Phi) is 6.48. The summed E-state index contributed by atoms with van der Waals surface area (Å²) in [5, 5.41) is 12.7. The van der Waals surface area contributed by atoms with Crippen molar-refractivity contribution in [2.75, 3.05) is 23.9 Å². The van der Waals surface area contributed by atoms with E-state index in [4.69, 9.17) is 4.74 Å². The number of hydrogen-bond donors (Lipinski definition) is 2. The summed E-state index contributed by atoms with van der Waals surface area (Å²) in [5.41, 5.74) is 6.31. The Morgan fingerprint density at radius 1 is 1.22 bits per heavy atom. The van der Waals surface area contributed by atoms with E-state index in [2.05, 4.69) is 29.4 Å². The van der Waals surface area contributed by atoms with Crippen LogP contribution >= 0.6 is 0 Å². The van der Waals surface area contributed by atoms with Crippen LogP contribution < -0.4 is 10.1 Å². The number of aliphatic carboxylic acids is 1. The fraction of sp³-hybridized carbons (Fsp3) is 0.379. The monoisotopic (exact) mass is 520 g/mol. The molecule has 2 aromatic carbocycles. The zero-order valence-electron chi connectivity index (χ0n) is 21.3. The molecule has 0 saturated heterocycles. The maximum Gasteiger partial charge on any atom is 0.307 e. The molecule has 3 atom stereocenters. The minimum absolute atomic E-state index is 0.155.